The van der Waals surface area contributed by atoms with Crippen molar-refractivity contribution in [2.75, 3.05) is 20.3 Å². The fourth-order valence-electron chi connectivity index (χ4n) is 2.12. The smallest absolute Gasteiger partial charge is 0.0616 e. The van der Waals surface area contributed by atoms with E-state index in [0.29, 0.717) is 18.4 Å². The third-order valence-corrected chi connectivity index (χ3v) is 3.30. The highest BCUT2D eigenvalue weighted by atomic mass is 16.5. The SMILES string of the molecule is CCC[C@H](CCCC(C)CN)[C@@H](N)COC. The van der Waals surface area contributed by atoms with Gasteiger partial charge in [-0.1, -0.05) is 26.7 Å². The van der Waals surface area contributed by atoms with Crippen molar-refractivity contribution in [3.63, 3.8) is 0 Å². The van der Waals surface area contributed by atoms with E-state index in [1.807, 2.05) is 0 Å². The quantitative estimate of drug-likeness (QED) is 0.604. The maximum atomic E-state index is 6.11. The third-order valence-electron chi connectivity index (χ3n) is 3.30. The van der Waals surface area contributed by atoms with E-state index in [0.717, 1.165) is 6.54 Å². The molecule has 0 saturated heterocycles. The Hall–Kier alpha value is -0.120. The summed E-state index contributed by atoms with van der Waals surface area (Å²) in [5.41, 5.74) is 11.7. The average molecular weight is 230 g/mol. The van der Waals surface area contributed by atoms with Crippen molar-refractivity contribution in [1.82, 2.24) is 0 Å². The van der Waals surface area contributed by atoms with Gasteiger partial charge in [-0.2, -0.15) is 0 Å². The van der Waals surface area contributed by atoms with Gasteiger partial charge in [-0.15, -0.1) is 0 Å². The van der Waals surface area contributed by atoms with Crippen molar-refractivity contribution in [3.05, 3.63) is 0 Å². The Kier molecular flexibility index (Phi) is 9.99. The van der Waals surface area contributed by atoms with Crippen LogP contribution in [-0.4, -0.2) is 26.3 Å². The zero-order chi connectivity index (χ0) is 12.4. The van der Waals surface area contributed by atoms with E-state index in [1.54, 1.807) is 7.11 Å². The Bertz CT molecular complexity index is 153. The van der Waals surface area contributed by atoms with E-state index >= 15 is 0 Å². The van der Waals surface area contributed by atoms with Gasteiger partial charge in [0.05, 0.1) is 6.61 Å². The summed E-state index contributed by atoms with van der Waals surface area (Å²) in [6, 6.07) is 0.193. The molecule has 98 valence electrons. The molecule has 16 heavy (non-hydrogen) atoms. The number of hydrogen-bond acceptors (Lipinski definition) is 3. The molecule has 0 amide bonds. The molecule has 3 heteroatoms. The number of nitrogens with two attached hydrogens (primary N) is 2. The molecule has 0 aromatic carbocycles. The monoisotopic (exact) mass is 230 g/mol. The van der Waals surface area contributed by atoms with E-state index < -0.39 is 0 Å². The van der Waals surface area contributed by atoms with Crippen molar-refractivity contribution >= 4 is 0 Å². The molecule has 0 aromatic rings. The fraction of sp³-hybridized carbons (Fsp3) is 1.00. The third kappa shape index (κ3) is 7.20. The first kappa shape index (κ1) is 15.9. The van der Waals surface area contributed by atoms with E-state index in [4.69, 9.17) is 16.2 Å². The van der Waals surface area contributed by atoms with Gasteiger partial charge in [-0.25, -0.2) is 0 Å². The molecular weight excluding hydrogens is 200 g/mol. The minimum Gasteiger partial charge on any atom is -0.383 e. The van der Waals surface area contributed by atoms with Gasteiger partial charge >= 0.3 is 0 Å². The van der Waals surface area contributed by atoms with Crippen LogP contribution in [0.15, 0.2) is 0 Å². The summed E-state index contributed by atoms with van der Waals surface area (Å²) in [6.07, 6.45) is 6.08. The first-order chi connectivity index (χ1) is 7.65. The molecule has 3 nitrogen and oxygen atoms in total. The minimum absolute atomic E-state index is 0.193. The summed E-state index contributed by atoms with van der Waals surface area (Å²) >= 11 is 0. The average Bonchev–Trinajstić information content (AvgIpc) is 2.28. The molecule has 0 heterocycles. The van der Waals surface area contributed by atoms with Crippen LogP contribution >= 0.6 is 0 Å². The summed E-state index contributed by atoms with van der Waals surface area (Å²) < 4.78 is 5.13. The lowest BCUT2D eigenvalue weighted by molar-refractivity contribution is 0.149. The number of rotatable bonds is 10. The van der Waals surface area contributed by atoms with Crippen molar-refractivity contribution in [2.45, 2.75) is 52.0 Å². The second-order valence-corrected chi connectivity index (χ2v) is 4.94. The van der Waals surface area contributed by atoms with Crippen LogP contribution in [0.1, 0.15) is 46.0 Å². The highest BCUT2D eigenvalue weighted by Crippen LogP contribution is 2.19. The summed E-state index contributed by atoms with van der Waals surface area (Å²) in [5.74, 6) is 1.25. The fourth-order valence-corrected chi connectivity index (χ4v) is 2.12. The lowest BCUT2D eigenvalue weighted by Crippen LogP contribution is -2.34. The highest BCUT2D eigenvalue weighted by Gasteiger charge is 2.16. The Balaban J connectivity index is 3.83. The number of methoxy groups -OCH3 is 1. The van der Waals surface area contributed by atoms with Crippen LogP contribution in [0.3, 0.4) is 0 Å². The molecule has 0 rings (SSSR count). The van der Waals surface area contributed by atoms with E-state index in [9.17, 15) is 0 Å². The molecule has 0 saturated carbocycles. The predicted molar refractivity (Wildman–Crippen MR) is 70.3 cm³/mol. The summed E-state index contributed by atoms with van der Waals surface area (Å²) in [7, 11) is 1.72. The van der Waals surface area contributed by atoms with Crippen LogP contribution < -0.4 is 11.5 Å². The zero-order valence-corrected chi connectivity index (χ0v) is 11.2. The number of ether oxygens (including phenoxy) is 1. The van der Waals surface area contributed by atoms with Crippen LogP contribution in [0, 0.1) is 11.8 Å². The van der Waals surface area contributed by atoms with Crippen LogP contribution in [-0.2, 0) is 4.74 Å². The summed E-state index contributed by atoms with van der Waals surface area (Å²) in [5, 5.41) is 0. The molecule has 0 aliphatic carbocycles. The topological polar surface area (TPSA) is 61.3 Å². The maximum Gasteiger partial charge on any atom is 0.0616 e. The van der Waals surface area contributed by atoms with Crippen molar-refractivity contribution in [1.29, 1.82) is 0 Å². The predicted octanol–water partition coefficient (Wildman–Crippen LogP) is 2.14. The number of hydrogen-bond donors (Lipinski definition) is 2. The van der Waals surface area contributed by atoms with Crippen LogP contribution in [0.25, 0.3) is 0 Å². The van der Waals surface area contributed by atoms with E-state index in [-0.39, 0.29) is 6.04 Å². The lowest BCUT2D eigenvalue weighted by atomic mass is 9.89. The largest absolute Gasteiger partial charge is 0.383 e. The summed E-state index contributed by atoms with van der Waals surface area (Å²) in [6.45, 7) is 5.90. The van der Waals surface area contributed by atoms with Gasteiger partial charge in [0, 0.05) is 13.2 Å². The van der Waals surface area contributed by atoms with Crippen molar-refractivity contribution < 1.29 is 4.74 Å². The van der Waals surface area contributed by atoms with Crippen molar-refractivity contribution in [3.8, 4) is 0 Å². The Labute approximate surface area is 101 Å². The van der Waals surface area contributed by atoms with Crippen LogP contribution in [0.4, 0.5) is 0 Å². The summed E-state index contributed by atoms with van der Waals surface area (Å²) in [4.78, 5) is 0. The van der Waals surface area contributed by atoms with E-state index in [1.165, 1.54) is 32.1 Å². The van der Waals surface area contributed by atoms with Crippen molar-refractivity contribution in [2.24, 2.45) is 23.3 Å². The molecular formula is C13H30N2O. The van der Waals surface area contributed by atoms with E-state index in [2.05, 4.69) is 13.8 Å². The second kappa shape index (κ2) is 10.1. The van der Waals surface area contributed by atoms with Gasteiger partial charge in [0.15, 0.2) is 0 Å². The van der Waals surface area contributed by atoms with Gasteiger partial charge in [0.2, 0.25) is 0 Å². The van der Waals surface area contributed by atoms with Gasteiger partial charge in [0.25, 0.3) is 0 Å². The minimum atomic E-state index is 0.193. The van der Waals surface area contributed by atoms with Gasteiger partial charge in [-0.05, 0) is 37.6 Å². The maximum absolute atomic E-state index is 6.11. The molecule has 0 spiro atoms. The Morgan fingerprint density at radius 2 is 1.88 bits per heavy atom. The lowest BCUT2D eigenvalue weighted by Gasteiger charge is -2.23. The second-order valence-electron chi connectivity index (χ2n) is 4.94. The highest BCUT2D eigenvalue weighted by molar-refractivity contribution is 4.73. The molecule has 0 aliphatic rings. The molecule has 1 unspecified atom stereocenters. The van der Waals surface area contributed by atoms with Gasteiger partial charge < -0.3 is 16.2 Å². The molecule has 0 fully saturated rings. The first-order valence-corrected chi connectivity index (χ1v) is 6.60. The molecule has 0 radical (unpaired) electrons. The van der Waals surface area contributed by atoms with Crippen LogP contribution in [0.2, 0.25) is 0 Å². The molecule has 3 atom stereocenters. The Morgan fingerprint density at radius 3 is 2.38 bits per heavy atom. The standard InChI is InChI=1S/C13H30N2O/c1-4-6-12(13(15)10-16-3)8-5-7-11(2)9-14/h11-13H,4-10,14-15H2,1-3H3/t11?,12-,13+/m1/s1. The molecule has 4 N–H and O–H groups in total. The normalized spacial score (nSPS) is 17.1. The molecule has 0 bridgehead atoms. The van der Waals surface area contributed by atoms with Crippen LogP contribution in [0.5, 0.6) is 0 Å². The van der Waals surface area contributed by atoms with Gasteiger partial charge in [-0.3, -0.25) is 0 Å². The Morgan fingerprint density at radius 1 is 1.19 bits per heavy atom. The molecule has 0 aliphatic heterocycles. The van der Waals surface area contributed by atoms with Gasteiger partial charge in [0.1, 0.15) is 0 Å². The molecule has 0 aromatic heterocycles. The zero-order valence-electron chi connectivity index (χ0n) is 11.2. The first-order valence-electron chi connectivity index (χ1n) is 6.60.